The van der Waals surface area contributed by atoms with Gasteiger partial charge in [0.25, 0.3) is 0 Å². The third-order valence-electron chi connectivity index (χ3n) is 3.17. The second-order valence-electron chi connectivity index (χ2n) is 4.29. The third-order valence-corrected chi connectivity index (χ3v) is 5.58. The number of rotatable bonds is 4. The van der Waals surface area contributed by atoms with Crippen molar-refractivity contribution < 1.29 is 0 Å². The Kier molecular flexibility index (Phi) is 3.93. The summed E-state index contributed by atoms with van der Waals surface area (Å²) in [5, 5.41) is 4.98. The van der Waals surface area contributed by atoms with Crippen molar-refractivity contribution in [1.82, 2.24) is 10.3 Å². The quantitative estimate of drug-likeness (QED) is 0.896. The summed E-state index contributed by atoms with van der Waals surface area (Å²) in [4.78, 5) is 6.24. The molecule has 0 bridgehead atoms. The van der Waals surface area contributed by atoms with Gasteiger partial charge < -0.3 is 5.32 Å². The molecule has 1 saturated heterocycles. The van der Waals surface area contributed by atoms with Gasteiger partial charge in [-0.1, -0.05) is 13.8 Å². The highest BCUT2D eigenvalue weighted by atomic mass is 32.2. The van der Waals surface area contributed by atoms with Crippen LogP contribution in [0.4, 0.5) is 0 Å². The van der Waals surface area contributed by atoms with Crippen molar-refractivity contribution in [3.63, 3.8) is 0 Å². The highest BCUT2D eigenvalue weighted by Gasteiger charge is 2.38. The molecule has 1 unspecified atom stereocenters. The largest absolute Gasteiger partial charge is 0.305 e. The first-order chi connectivity index (χ1) is 7.72. The molecule has 0 spiro atoms. The molecule has 2 nitrogen and oxygen atoms in total. The molecule has 0 aliphatic carbocycles. The van der Waals surface area contributed by atoms with Crippen LogP contribution in [0, 0.1) is 6.92 Å². The van der Waals surface area contributed by atoms with Crippen molar-refractivity contribution in [2.75, 3.05) is 18.1 Å². The summed E-state index contributed by atoms with van der Waals surface area (Å²) in [7, 11) is 0. The first-order valence-electron chi connectivity index (χ1n) is 6.01. The van der Waals surface area contributed by atoms with Gasteiger partial charge >= 0.3 is 0 Å². The molecule has 1 N–H and O–H groups in total. The van der Waals surface area contributed by atoms with Crippen molar-refractivity contribution in [3.8, 4) is 0 Å². The first kappa shape index (κ1) is 12.4. The topological polar surface area (TPSA) is 24.9 Å². The van der Waals surface area contributed by atoms with Crippen molar-refractivity contribution >= 4 is 23.1 Å². The van der Waals surface area contributed by atoms with Gasteiger partial charge in [-0.15, -0.1) is 11.3 Å². The van der Waals surface area contributed by atoms with Crippen LogP contribution in [0.5, 0.6) is 0 Å². The highest BCUT2D eigenvalue weighted by molar-refractivity contribution is 7.99. The van der Waals surface area contributed by atoms with Gasteiger partial charge in [0.1, 0.15) is 5.01 Å². The van der Waals surface area contributed by atoms with Gasteiger partial charge in [0.15, 0.2) is 0 Å². The van der Waals surface area contributed by atoms with Crippen LogP contribution in [0.3, 0.4) is 0 Å². The fourth-order valence-electron chi connectivity index (χ4n) is 2.25. The summed E-state index contributed by atoms with van der Waals surface area (Å²) in [6, 6.07) is 0. The second kappa shape index (κ2) is 5.07. The number of thioether (sulfide) groups is 1. The number of nitrogens with one attached hydrogen (secondary N) is 1. The van der Waals surface area contributed by atoms with Gasteiger partial charge in [-0.3, -0.25) is 0 Å². The van der Waals surface area contributed by atoms with Gasteiger partial charge in [0.05, 0.1) is 11.2 Å². The minimum absolute atomic E-state index is 0.169. The Hall–Kier alpha value is -0.0600. The van der Waals surface area contributed by atoms with Crippen LogP contribution in [0.1, 0.15) is 35.8 Å². The Labute approximate surface area is 106 Å². The van der Waals surface area contributed by atoms with Crippen LogP contribution in [0.15, 0.2) is 0 Å². The number of thiazole rings is 1. The Morgan fingerprint density at radius 1 is 1.44 bits per heavy atom. The molecular weight excluding hydrogens is 236 g/mol. The molecule has 16 heavy (non-hydrogen) atoms. The molecule has 0 saturated carbocycles. The van der Waals surface area contributed by atoms with E-state index < -0.39 is 0 Å². The van der Waals surface area contributed by atoms with Gasteiger partial charge in [0.2, 0.25) is 0 Å². The number of hydrogen-bond acceptors (Lipinski definition) is 4. The summed E-state index contributed by atoms with van der Waals surface area (Å²) in [5.74, 6) is 2.43. The van der Waals surface area contributed by atoms with E-state index in [-0.39, 0.29) is 5.54 Å². The van der Waals surface area contributed by atoms with Gasteiger partial charge in [0, 0.05) is 10.6 Å². The molecule has 90 valence electrons. The minimum atomic E-state index is 0.169. The maximum Gasteiger partial charge on any atom is 0.114 e. The molecular formula is C12H20N2S2. The lowest BCUT2D eigenvalue weighted by Gasteiger charge is -2.26. The molecule has 1 atom stereocenters. The number of nitrogens with zero attached hydrogens (tertiary/aromatic N) is 1. The van der Waals surface area contributed by atoms with Crippen LogP contribution in [-0.4, -0.2) is 23.0 Å². The summed E-state index contributed by atoms with van der Waals surface area (Å²) in [6.07, 6.45) is 2.28. The molecule has 1 aliphatic heterocycles. The lowest BCUT2D eigenvalue weighted by atomic mass is 10.00. The van der Waals surface area contributed by atoms with Crippen LogP contribution < -0.4 is 5.32 Å². The minimum Gasteiger partial charge on any atom is -0.305 e. The number of aryl methyl sites for hydroxylation is 2. The SMILES string of the molecule is CCNC1(c2nc(CC)c(C)s2)CCSC1. The smallest absolute Gasteiger partial charge is 0.114 e. The molecule has 1 aromatic heterocycles. The molecule has 0 aromatic carbocycles. The van der Waals surface area contributed by atoms with E-state index in [1.807, 2.05) is 23.1 Å². The lowest BCUT2D eigenvalue weighted by Crippen LogP contribution is -2.42. The van der Waals surface area contributed by atoms with Crippen molar-refractivity contribution in [3.05, 3.63) is 15.6 Å². The fraction of sp³-hybridized carbons (Fsp3) is 0.750. The number of aromatic nitrogens is 1. The normalized spacial score (nSPS) is 25.2. The van der Waals surface area contributed by atoms with E-state index in [1.54, 1.807) is 0 Å². The molecule has 1 aromatic rings. The first-order valence-corrected chi connectivity index (χ1v) is 7.98. The lowest BCUT2D eigenvalue weighted by molar-refractivity contribution is 0.384. The van der Waals surface area contributed by atoms with Crippen molar-refractivity contribution in [2.45, 2.75) is 39.2 Å². The zero-order valence-corrected chi connectivity index (χ0v) is 11.9. The predicted octanol–water partition coefficient (Wildman–Crippen LogP) is 2.96. The Morgan fingerprint density at radius 3 is 2.75 bits per heavy atom. The molecule has 2 heterocycles. The average Bonchev–Trinajstić information content (AvgIpc) is 2.86. The summed E-state index contributed by atoms with van der Waals surface area (Å²) < 4.78 is 0. The van der Waals surface area contributed by atoms with Gasteiger partial charge in [-0.25, -0.2) is 4.98 Å². The van der Waals surface area contributed by atoms with Crippen LogP contribution in [-0.2, 0) is 12.0 Å². The van der Waals surface area contributed by atoms with E-state index in [4.69, 9.17) is 4.98 Å². The zero-order chi connectivity index (χ0) is 11.6. The Morgan fingerprint density at radius 2 is 2.25 bits per heavy atom. The Bertz CT molecular complexity index is 354. The van der Waals surface area contributed by atoms with E-state index in [9.17, 15) is 0 Å². The zero-order valence-electron chi connectivity index (χ0n) is 10.3. The maximum absolute atomic E-state index is 4.84. The number of hydrogen-bond donors (Lipinski definition) is 1. The molecule has 1 fully saturated rings. The van der Waals surface area contributed by atoms with Crippen LogP contribution >= 0.6 is 23.1 Å². The maximum atomic E-state index is 4.84. The summed E-state index contributed by atoms with van der Waals surface area (Å²) in [5.41, 5.74) is 1.46. The molecule has 2 rings (SSSR count). The standard InChI is InChI=1S/C12H20N2S2/c1-4-10-9(3)16-11(14-10)12(13-5-2)6-7-15-8-12/h13H,4-8H2,1-3H3. The highest BCUT2D eigenvalue weighted by Crippen LogP contribution is 2.39. The summed E-state index contributed by atoms with van der Waals surface area (Å²) in [6.45, 7) is 7.60. The average molecular weight is 256 g/mol. The molecule has 0 radical (unpaired) electrons. The van der Waals surface area contributed by atoms with E-state index >= 15 is 0 Å². The monoisotopic (exact) mass is 256 g/mol. The predicted molar refractivity (Wildman–Crippen MR) is 73.5 cm³/mol. The van der Waals surface area contributed by atoms with E-state index in [0.717, 1.165) is 13.0 Å². The van der Waals surface area contributed by atoms with Gasteiger partial charge in [-0.05, 0) is 32.1 Å². The van der Waals surface area contributed by atoms with Crippen LogP contribution in [0.2, 0.25) is 0 Å². The van der Waals surface area contributed by atoms with E-state index in [0.29, 0.717) is 0 Å². The fourth-order valence-corrected chi connectivity index (χ4v) is 4.90. The molecule has 1 aliphatic rings. The van der Waals surface area contributed by atoms with Crippen molar-refractivity contribution in [2.24, 2.45) is 0 Å². The molecule has 0 amide bonds. The molecule has 4 heteroatoms. The van der Waals surface area contributed by atoms with Crippen LogP contribution in [0.25, 0.3) is 0 Å². The third kappa shape index (κ3) is 2.15. The van der Waals surface area contributed by atoms with E-state index in [1.165, 1.54) is 33.5 Å². The second-order valence-corrected chi connectivity index (χ2v) is 6.60. The van der Waals surface area contributed by atoms with Gasteiger partial charge in [-0.2, -0.15) is 11.8 Å². The van der Waals surface area contributed by atoms with Crippen molar-refractivity contribution in [1.29, 1.82) is 0 Å². The Balaban J connectivity index is 2.31. The van der Waals surface area contributed by atoms with E-state index in [2.05, 4.69) is 26.1 Å². The summed E-state index contributed by atoms with van der Waals surface area (Å²) >= 11 is 3.93.